The number of rotatable bonds is 4. The van der Waals surface area contributed by atoms with E-state index in [1.165, 1.54) is 63.0 Å². The maximum Gasteiger partial charge on any atom is 0.257 e. The molecule has 5 heteroatoms. The maximum absolute atomic E-state index is 11.8. The van der Waals surface area contributed by atoms with Crippen LogP contribution < -0.4 is 9.46 Å². The SMILES string of the molecule is O=C1C=C(c2ccc(OCC3=CCCC4(CCCCC4)C3)cc2)S(=O)N1. The van der Waals surface area contributed by atoms with E-state index in [0.29, 0.717) is 16.9 Å². The zero-order valence-corrected chi connectivity index (χ0v) is 15.8. The number of benzene rings is 1. The molecule has 0 aromatic heterocycles. The van der Waals surface area contributed by atoms with Crippen molar-refractivity contribution < 1.29 is 13.7 Å². The number of hydrogen-bond donors (Lipinski definition) is 1. The van der Waals surface area contributed by atoms with Crippen molar-refractivity contribution in [3.05, 3.63) is 47.6 Å². The van der Waals surface area contributed by atoms with E-state index in [4.69, 9.17) is 4.74 Å². The highest BCUT2D eigenvalue weighted by atomic mass is 32.2. The van der Waals surface area contributed by atoms with E-state index in [2.05, 4.69) is 10.8 Å². The molecule has 1 N–H and O–H groups in total. The largest absolute Gasteiger partial charge is 0.489 e. The molecule has 0 radical (unpaired) electrons. The summed E-state index contributed by atoms with van der Waals surface area (Å²) in [6.07, 6.45) is 14.4. The summed E-state index contributed by atoms with van der Waals surface area (Å²) in [6.45, 7) is 0.649. The van der Waals surface area contributed by atoms with E-state index >= 15 is 0 Å². The lowest BCUT2D eigenvalue weighted by Crippen LogP contribution is -2.28. The third-order valence-electron chi connectivity index (χ3n) is 5.84. The third-order valence-corrected chi connectivity index (χ3v) is 6.98. The Labute approximate surface area is 157 Å². The van der Waals surface area contributed by atoms with Gasteiger partial charge in [0.05, 0.1) is 4.91 Å². The molecule has 3 aliphatic rings. The molecule has 1 amide bonds. The molecule has 0 saturated heterocycles. The van der Waals surface area contributed by atoms with Crippen molar-refractivity contribution in [1.82, 2.24) is 4.72 Å². The fourth-order valence-corrected chi connectivity index (χ4v) is 5.41. The van der Waals surface area contributed by atoms with Gasteiger partial charge in [0.1, 0.15) is 12.4 Å². The molecule has 26 heavy (non-hydrogen) atoms. The quantitative estimate of drug-likeness (QED) is 0.805. The fourth-order valence-electron chi connectivity index (χ4n) is 4.49. The fraction of sp³-hybridized carbons (Fsp3) is 0.476. The molecule has 1 aromatic carbocycles. The second-order valence-electron chi connectivity index (χ2n) is 7.70. The van der Waals surface area contributed by atoms with Crippen LogP contribution in [0.2, 0.25) is 0 Å². The molecule has 1 heterocycles. The maximum atomic E-state index is 11.8. The van der Waals surface area contributed by atoms with Gasteiger partial charge >= 0.3 is 0 Å². The van der Waals surface area contributed by atoms with Gasteiger partial charge in [-0.2, -0.15) is 0 Å². The number of ether oxygens (including phenoxy) is 1. The molecule has 1 unspecified atom stereocenters. The van der Waals surface area contributed by atoms with Gasteiger partial charge in [0.15, 0.2) is 11.0 Å². The summed E-state index contributed by atoms with van der Waals surface area (Å²) in [5, 5.41) is 0. The third kappa shape index (κ3) is 3.78. The molecule has 0 bridgehead atoms. The second-order valence-corrected chi connectivity index (χ2v) is 8.88. The lowest BCUT2D eigenvalue weighted by atomic mass is 9.65. The first-order valence-corrected chi connectivity index (χ1v) is 10.6. The normalized spacial score (nSPS) is 24.8. The number of amides is 1. The first-order valence-electron chi connectivity index (χ1n) is 9.49. The Bertz CT molecular complexity index is 773. The molecule has 1 fully saturated rings. The molecule has 1 aliphatic heterocycles. The molecule has 1 saturated carbocycles. The van der Waals surface area contributed by atoms with Crippen LogP contribution in [0.4, 0.5) is 0 Å². The summed E-state index contributed by atoms with van der Waals surface area (Å²) in [5.41, 5.74) is 2.75. The topological polar surface area (TPSA) is 55.4 Å². The van der Waals surface area contributed by atoms with Gasteiger partial charge in [0.2, 0.25) is 0 Å². The Hall–Kier alpha value is -1.88. The van der Waals surface area contributed by atoms with Crippen molar-refractivity contribution >= 4 is 21.8 Å². The van der Waals surface area contributed by atoms with Crippen molar-refractivity contribution in [2.45, 2.75) is 51.4 Å². The van der Waals surface area contributed by atoms with Crippen LogP contribution in [0, 0.1) is 5.41 Å². The van der Waals surface area contributed by atoms with Gasteiger partial charge in [-0.15, -0.1) is 0 Å². The zero-order valence-electron chi connectivity index (χ0n) is 15.0. The van der Waals surface area contributed by atoms with Gasteiger partial charge in [-0.25, -0.2) is 4.21 Å². The molecule has 1 atom stereocenters. The molecule has 4 rings (SSSR count). The molecule has 138 valence electrons. The molecular formula is C21H25NO3S. The summed E-state index contributed by atoms with van der Waals surface area (Å²) in [5.74, 6) is 0.501. The Balaban J connectivity index is 1.36. The van der Waals surface area contributed by atoms with Gasteiger partial charge in [0.25, 0.3) is 5.91 Å². The highest BCUT2D eigenvalue weighted by Crippen LogP contribution is 2.47. The van der Waals surface area contributed by atoms with Crippen LogP contribution in [-0.4, -0.2) is 16.7 Å². The van der Waals surface area contributed by atoms with E-state index in [1.54, 1.807) is 0 Å². The van der Waals surface area contributed by atoms with Crippen molar-refractivity contribution in [2.75, 3.05) is 6.61 Å². The van der Waals surface area contributed by atoms with Crippen molar-refractivity contribution in [1.29, 1.82) is 0 Å². The van der Waals surface area contributed by atoms with Gasteiger partial charge in [-0.3, -0.25) is 9.52 Å². The van der Waals surface area contributed by atoms with Crippen LogP contribution in [0.3, 0.4) is 0 Å². The van der Waals surface area contributed by atoms with Crippen LogP contribution in [-0.2, 0) is 15.8 Å². The van der Waals surface area contributed by atoms with Crippen LogP contribution in [0.5, 0.6) is 5.75 Å². The molecule has 1 spiro atoms. The standard InChI is InChI=1S/C21H25NO3S/c23-20-13-19(26(24)22-20)17-6-8-18(9-7-17)25-15-16-5-4-12-21(14-16)10-2-1-3-11-21/h5-9,13H,1-4,10-12,14-15H2,(H,22,23). The summed E-state index contributed by atoms with van der Waals surface area (Å²) in [7, 11) is -1.45. The zero-order chi connectivity index (χ0) is 18.0. The number of allylic oxidation sites excluding steroid dienone is 1. The summed E-state index contributed by atoms with van der Waals surface area (Å²) < 4.78 is 20.2. The summed E-state index contributed by atoms with van der Waals surface area (Å²) >= 11 is 0. The van der Waals surface area contributed by atoms with Crippen molar-refractivity contribution in [3.8, 4) is 5.75 Å². The van der Waals surface area contributed by atoms with Gasteiger partial charge in [-0.1, -0.05) is 37.5 Å². The Morgan fingerprint density at radius 2 is 1.85 bits per heavy atom. The van der Waals surface area contributed by atoms with Crippen molar-refractivity contribution in [2.24, 2.45) is 5.41 Å². The predicted molar refractivity (Wildman–Crippen MR) is 104 cm³/mol. The van der Waals surface area contributed by atoms with E-state index in [0.717, 1.165) is 11.3 Å². The van der Waals surface area contributed by atoms with Gasteiger partial charge in [-0.05, 0) is 60.8 Å². The molecular weight excluding hydrogens is 346 g/mol. The Morgan fingerprint density at radius 3 is 2.54 bits per heavy atom. The Morgan fingerprint density at radius 1 is 1.08 bits per heavy atom. The minimum absolute atomic E-state index is 0.306. The van der Waals surface area contributed by atoms with Crippen LogP contribution >= 0.6 is 0 Å². The average molecular weight is 372 g/mol. The summed E-state index contributed by atoms with van der Waals surface area (Å²) in [6, 6.07) is 7.49. The minimum Gasteiger partial charge on any atom is -0.489 e. The van der Waals surface area contributed by atoms with E-state index in [9.17, 15) is 9.00 Å². The first-order chi connectivity index (χ1) is 12.6. The van der Waals surface area contributed by atoms with Gasteiger partial charge < -0.3 is 4.74 Å². The lowest BCUT2D eigenvalue weighted by molar-refractivity contribution is -0.114. The number of carbonyl (C=O) groups excluding carboxylic acids is 1. The monoisotopic (exact) mass is 371 g/mol. The summed E-state index contributed by atoms with van der Waals surface area (Å²) in [4.78, 5) is 11.8. The van der Waals surface area contributed by atoms with Crippen LogP contribution in [0.25, 0.3) is 4.91 Å². The number of carbonyl (C=O) groups is 1. The van der Waals surface area contributed by atoms with Gasteiger partial charge in [0, 0.05) is 6.08 Å². The highest BCUT2D eigenvalue weighted by Gasteiger charge is 2.34. The lowest BCUT2D eigenvalue weighted by Gasteiger charge is -2.40. The molecule has 1 aromatic rings. The van der Waals surface area contributed by atoms with Crippen molar-refractivity contribution in [3.63, 3.8) is 0 Å². The van der Waals surface area contributed by atoms with Crippen LogP contribution in [0.15, 0.2) is 42.0 Å². The average Bonchev–Trinajstić information content (AvgIpc) is 2.99. The number of nitrogens with one attached hydrogen (secondary N) is 1. The van der Waals surface area contributed by atoms with E-state index < -0.39 is 11.0 Å². The molecule has 4 nitrogen and oxygen atoms in total. The minimum atomic E-state index is -1.45. The first kappa shape index (κ1) is 17.5. The Kier molecular flexibility index (Phi) is 4.98. The predicted octanol–water partition coefficient (Wildman–Crippen LogP) is 4.26. The second kappa shape index (κ2) is 7.39. The van der Waals surface area contributed by atoms with E-state index in [-0.39, 0.29) is 5.91 Å². The highest BCUT2D eigenvalue weighted by molar-refractivity contribution is 7.93. The smallest absolute Gasteiger partial charge is 0.257 e. The number of hydrogen-bond acceptors (Lipinski definition) is 3. The van der Waals surface area contributed by atoms with Crippen LogP contribution in [0.1, 0.15) is 56.9 Å². The van der Waals surface area contributed by atoms with E-state index in [1.807, 2.05) is 24.3 Å². The molecule has 2 aliphatic carbocycles.